The average molecular weight is 212 g/mol. The van der Waals surface area contributed by atoms with Crippen molar-refractivity contribution in [3.8, 4) is 0 Å². The quantitative estimate of drug-likeness (QED) is 0.713. The molecule has 0 atom stereocenters. The van der Waals surface area contributed by atoms with Crippen LogP contribution in [0.3, 0.4) is 0 Å². The van der Waals surface area contributed by atoms with Gasteiger partial charge >= 0.3 is 0 Å². The molecule has 1 saturated carbocycles. The molecule has 1 fully saturated rings. The van der Waals surface area contributed by atoms with Gasteiger partial charge in [0, 0.05) is 11.5 Å². The predicted molar refractivity (Wildman–Crippen MR) is 59.4 cm³/mol. The molecule has 4 heteroatoms. The monoisotopic (exact) mass is 212 g/mol. The molecule has 0 bridgehead atoms. The predicted octanol–water partition coefficient (Wildman–Crippen LogP) is 2.23. The molecular weight excluding hydrogens is 192 g/mol. The van der Waals surface area contributed by atoms with Crippen LogP contribution in [0.1, 0.15) is 46.5 Å². The van der Waals surface area contributed by atoms with E-state index in [-0.39, 0.29) is 23.4 Å². The minimum atomic E-state index is -0.334. The topological polar surface area (TPSA) is 58.5 Å². The van der Waals surface area contributed by atoms with Gasteiger partial charge < -0.3 is 5.32 Å². The van der Waals surface area contributed by atoms with Crippen LogP contribution in [0.5, 0.6) is 0 Å². The molecule has 15 heavy (non-hydrogen) atoms. The van der Waals surface area contributed by atoms with Crippen molar-refractivity contribution in [3.63, 3.8) is 0 Å². The fraction of sp³-hybridized carbons (Fsp3) is 0.909. The summed E-state index contributed by atoms with van der Waals surface area (Å²) in [6.45, 7) is 5.71. The lowest BCUT2D eigenvalue weighted by Gasteiger charge is -2.28. The molecule has 0 radical (unpaired) electrons. The van der Waals surface area contributed by atoms with Crippen molar-refractivity contribution in [1.29, 1.82) is 0 Å². The maximum absolute atomic E-state index is 11.7. The highest BCUT2D eigenvalue weighted by molar-refractivity contribution is 5.81. The maximum atomic E-state index is 11.7. The molecule has 0 saturated heterocycles. The summed E-state index contributed by atoms with van der Waals surface area (Å²) in [6, 6.07) is 0.197. The standard InChI is InChI=1S/C11H20N2O2/c1-11(2,3)10(14)12-8-4-6-9(13-15)7-5-8/h8-9H,4-7H2,1-3H3,(H,12,14). The Bertz CT molecular complexity index is 237. The van der Waals surface area contributed by atoms with Crippen LogP contribution in [0.4, 0.5) is 0 Å². The third-order valence-corrected chi connectivity index (χ3v) is 2.86. The van der Waals surface area contributed by atoms with Crippen molar-refractivity contribution < 1.29 is 4.79 Å². The summed E-state index contributed by atoms with van der Waals surface area (Å²) in [6.07, 6.45) is 3.35. The van der Waals surface area contributed by atoms with E-state index in [4.69, 9.17) is 0 Å². The van der Waals surface area contributed by atoms with Crippen LogP contribution in [-0.4, -0.2) is 18.0 Å². The second-order valence-corrected chi connectivity index (χ2v) is 5.33. The highest BCUT2D eigenvalue weighted by atomic mass is 16.3. The highest BCUT2D eigenvalue weighted by Gasteiger charge is 2.27. The van der Waals surface area contributed by atoms with Crippen LogP contribution in [0.2, 0.25) is 0 Å². The van der Waals surface area contributed by atoms with Crippen molar-refractivity contribution in [1.82, 2.24) is 5.32 Å². The van der Waals surface area contributed by atoms with Crippen LogP contribution in [0, 0.1) is 10.3 Å². The van der Waals surface area contributed by atoms with Gasteiger partial charge in [-0.1, -0.05) is 25.9 Å². The first-order chi connectivity index (χ1) is 6.93. The SMILES string of the molecule is CC(C)(C)C(=O)NC1CCC(N=O)CC1. The van der Waals surface area contributed by atoms with Gasteiger partial charge in [-0.25, -0.2) is 0 Å². The fourth-order valence-corrected chi connectivity index (χ4v) is 1.73. The molecule has 1 aliphatic rings. The summed E-state index contributed by atoms with van der Waals surface area (Å²) in [5, 5.41) is 6.07. The molecule has 4 nitrogen and oxygen atoms in total. The van der Waals surface area contributed by atoms with Gasteiger partial charge in [0.05, 0.1) is 6.04 Å². The number of carbonyl (C=O) groups is 1. The van der Waals surface area contributed by atoms with Crippen molar-refractivity contribution >= 4 is 5.91 Å². The van der Waals surface area contributed by atoms with E-state index in [0.29, 0.717) is 0 Å². The van der Waals surface area contributed by atoms with E-state index in [1.165, 1.54) is 0 Å². The second-order valence-electron chi connectivity index (χ2n) is 5.33. The molecule has 0 heterocycles. The Labute approximate surface area is 90.8 Å². The number of nitrogens with one attached hydrogen (secondary N) is 1. The molecule has 1 amide bonds. The van der Waals surface area contributed by atoms with Crippen LogP contribution in [0.25, 0.3) is 0 Å². The van der Waals surface area contributed by atoms with Gasteiger partial charge in [-0.3, -0.25) is 4.79 Å². The number of hydrogen-bond donors (Lipinski definition) is 1. The smallest absolute Gasteiger partial charge is 0.225 e. The zero-order valence-corrected chi connectivity index (χ0v) is 9.75. The number of carbonyl (C=O) groups excluding carboxylic acids is 1. The molecule has 1 aliphatic carbocycles. The lowest BCUT2D eigenvalue weighted by Crippen LogP contribution is -2.43. The van der Waals surface area contributed by atoms with Gasteiger partial charge in [0.15, 0.2) is 0 Å². The molecule has 0 aromatic heterocycles. The third-order valence-electron chi connectivity index (χ3n) is 2.86. The molecule has 1 N–H and O–H groups in total. The van der Waals surface area contributed by atoms with Gasteiger partial charge in [0.2, 0.25) is 5.91 Å². The minimum Gasteiger partial charge on any atom is -0.353 e. The van der Waals surface area contributed by atoms with E-state index in [2.05, 4.69) is 10.5 Å². The van der Waals surface area contributed by atoms with Gasteiger partial charge in [-0.15, -0.1) is 0 Å². The first-order valence-electron chi connectivity index (χ1n) is 5.57. The van der Waals surface area contributed by atoms with Crippen molar-refractivity contribution in [2.75, 3.05) is 0 Å². The Balaban J connectivity index is 2.36. The van der Waals surface area contributed by atoms with Crippen LogP contribution in [0.15, 0.2) is 5.18 Å². The van der Waals surface area contributed by atoms with E-state index in [1.807, 2.05) is 20.8 Å². The van der Waals surface area contributed by atoms with Gasteiger partial charge in [0.25, 0.3) is 0 Å². The summed E-state index contributed by atoms with van der Waals surface area (Å²) in [5.41, 5.74) is -0.334. The lowest BCUT2D eigenvalue weighted by atomic mass is 9.89. The molecule has 0 unspecified atom stereocenters. The Hall–Kier alpha value is -0.930. The van der Waals surface area contributed by atoms with Crippen LogP contribution >= 0.6 is 0 Å². The van der Waals surface area contributed by atoms with Crippen molar-refractivity contribution in [2.24, 2.45) is 10.6 Å². The summed E-state index contributed by atoms with van der Waals surface area (Å²) >= 11 is 0. The second kappa shape index (κ2) is 4.73. The summed E-state index contributed by atoms with van der Waals surface area (Å²) in [4.78, 5) is 22.0. The Morgan fingerprint density at radius 2 is 1.73 bits per heavy atom. The van der Waals surface area contributed by atoms with Gasteiger partial charge in [0.1, 0.15) is 0 Å². The summed E-state index contributed by atoms with van der Waals surface area (Å²) in [5.74, 6) is 0.0880. The van der Waals surface area contributed by atoms with E-state index >= 15 is 0 Å². The molecule has 86 valence electrons. The largest absolute Gasteiger partial charge is 0.353 e. The number of nitroso groups, excluding NO2 is 1. The normalized spacial score (nSPS) is 27.1. The van der Waals surface area contributed by atoms with E-state index in [1.54, 1.807) is 0 Å². The highest BCUT2D eigenvalue weighted by Crippen LogP contribution is 2.22. The number of amides is 1. The summed E-state index contributed by atoms with van der Waals surface area (Å²) < 4.78 is 0. The molecule has 0 spiro atoms. The van der Waals surface area contributed by atoms with Gasteiger partial charge in [-0.05, 0) is 25.7 Å². The van der Waals surface area contributed by atoms with Crippen molar-refractivity contribution in [3.05, 3.63) is 4.91 Å². The van der Waals surface area contributed by atoms with E-state index < -0.39 is 0 Å². The molecule has 0 aliphatic heterocycles. The lowest BCUT2D eigenvalue weighted by molar-refractivity contribution is -0.129. The maximum Gasteiger partial charge on any atom is 0.225 e. The molecule has 1 rings (SSSR count). The number of nitrogens with zero attached hydrogens (tertiary/aromatic N) is 1. The van der Waals surface area contributed by atoms with Gasteiger partial charge in [-0.2, -0.15) is 4.91 Å². The fourth-order valence-electron chi connectivity index (χ4n) is 1.73. The minimum absolute atomic E-state index is 0.0345. The first kappa shape index (κ1) is 12.1. The summed E-state index contributed by atoms with van der Waals surface area (Å²) in [7, 11) is 0. The van der Waals surface area contributed by atoms with E-state index in [0.717, 1.165) is 25.7 Å². The zero-order valence-electron chi connectivity index (χ0n) is 9.75. The van der Waals surface area contributed by atoms with Crippen LogP contribution < -0.4 is 5.32 Å². The first-order valence-corrected chi connectivity index (χ1v) is 5.57. The Morgan fingerprint density at radius 1 is 1.20 bits per heavy atom. The zero-order chi connectivity index (χ0) is 11.5. The molecule has 0 aromatic carbocycles. The molecular formula is C11H20N2O2. The average Bonchev–Trinajstić information content (AvgIpc) is 2.17. The van der Waals surface area contributed by atoms with Crippen molar-refractivity contribution in [2.45, 2.75) is 58.5 Å². The van der Waals surface area contributed by atoms with E-state index in [9.17, 15) is 9.70 Å². The number of rotatable bonds is 2. The number of hydrogen-bond acceptors (Lipinski definition) is 3. The van der Waals surface area contributed by atoms with Crippen LogP contribution in [-0.2, 0) is 4.79 Å². The molecule has 0 aromatic rings. The third kappa shape index (κ3) is 3.61. The Kier molecular flexibility index (Phi) is 3.83. The Morgan fingerprint density at radius 3 is 2.13 bits per heavy atom.